The van der Waals surface area contributed by atoms with Crippen LogP contribution in [0.15, 0.2) is 48.8 Å². The van der Waals surface area contributed by atoms with E-state index in [0.29, 0.717) is 12.8 Å². The van der Waals surface area contributed by atoms with Crippen LogP contribution >= 0.6 is 0 Å². The molecule has 1 aromatic carbocycles. The molecule has 1 heterocycles. The van der Waals surface area contributed by atoms with Crippen LogP contribution in [-0.4, -0.2) is 29.2 Å². The van der Waals surface area contributed by atoms with Crippen molar-refractivity contribution < 1.29 is 14.6 Å². The van der Waals surface area contributed by atoms with E-state index in [1.54, 1.807) is 19.5 Å². The topological polar surface area (TPSA) is 71.5 Å². The molecule has 2 aromatic rings. The van der Waals surface area contributed by atoms with E-state index in [9.17, 15) is 9.90 Å². The number of nitrogens with zero attached hydrogens (tertiary/aromatic N) is 1. The first-order valence-electron chi connectivity index (χ1n) is 8.69. The van der Waals surface area contributed by atoms with Gasteiger partial charge in [0.2, 0.25) is 5.91 Å². The minimum Gasteiger partial charge on any atom is -0.497 e. The Morgan fingerprint density at radius 2 is 1.68 bits per heavy atom. The van der Waals surface area contributed by atoms with E-state index in [-0.39, 0.29) is 24.0 Å². The van der Waals surface area contributed by atoms with Gasteiger partial charge < -0.3 is 15.2 Å². The fourth-order valence-electron chi connectivity index (χ4n) is 3.31. The van der Waals surface area contributed by atoms with E-state index >= 15 is 0 Å². The minimum atomic E-state index is -0.262. The lowest BCUT2D eigenvalue weighted by atomic mass is 9.86. The lowest BCUT2D eigenvalue weighted by Crippen LogP contribution is -2.37. The maximum absolute atomic E-state index is 12.8. The molecule has 3 rings (SSSR count). The van der Waals surface area contributed by atoms with Gasteiger partial charge in [0.1, 0.15) is 5.75 Å². The normalized spacial score (nSPS) is 21.4. The maximum atomic E-state index is 12.8. The zero-order valence-electron chi connectivity index (χ0n) is 14.4. The zero-order valence-corrected chi connectivity index (χ0v) is 14.4. The number of ether oxygens (including phenoxy) is 1. The van der Waals surface area contributed by atoms with Gasteiger partial charge in [-0.15, -0.1) is 0 Å². The predicted octanol–water partition coefficient (Wildman–Crippen LogP) is 2.85. The van der Waals surface area contributed by atoms with Crippen molar-refractivity contribution >= 4 is 5.91 Å². The number of pyridine rings is 1. The number of hydrogen-bond acceptors (Lipinski definition) is 4. The van der Waals surface area contributed by atoms with E-state index < -0.39 is 0 Å². The van der Waals surface area contributed by atoms with Crippen molar-refractivity contribution in [1.29, 1.82) is 0 Å². The molecule has 0 radical (unpaired) electrons. The van der Waals surface area contributed by atoms with Crippen molar-refractivity contribution in [3.63, 3.8) is 0 Å². The van der Waals surface area contributed by atoms with E-state index in [0.717, 1.165) is 29.7 Å². The summed E-state index contributed by atoms with van der Waals surface area (Å²) in [6, 6.07) is 11.3. The predicted molar refractivity (Wildman–Crippen MR) is 95.2 cm³/mol. The summed E-state index contributed by atoms with van der Waals surface area (Å²) in [5, 5.41) is 12.8. The van der Waals surface area contributed by atoms with E-state index in [1.165, 1.54) is 0 Å². The Bertz CT molecular complexity index is 680. The number of hydrogen-bond donors (Lipinski definition) is 2. The summed E-state index contributed by atoms with van der Waals surface area (Å²) >= 11 is 0. The SMILES string of the molecule is COc1ccc([C@H](NC(=O)C2CCC(O)CC2)c2ccncc2)cc1. The van der Waals surface area contributed by atoms with Crippen LogP contribution < -0.4 is 10.1 Å². The molecule has 1 fully saturated rings. The number of amides is 1. The number of nitrogens with one attached hydrogen (secondary N) is 1. The molecule has 25 heavy (non-hydrogen) atoms. The molecule has 0 spiro atoms. The molecule has 5 heteroatoms. The fourth-order valence-corrected chi connectivity index (χ4v) is 3.31. The third-order valence-electron chi connectivity index (χ3n) is 4.84. The van der Waals surface area contributed by atoms with Crippen LogP contribution in [0.25, 0.3) is 0 Å². The van der Waals surface area contributed by atoms with Crippen molar-refractivity contribution in [2.24, 2.45) is 5.92 Å². The Morgan fingerprint density at radius 1 is 1.08 bits per heavy atom. The first-order valence-corrected chi connectivity index (χ1v) is 8.69. The molecule has 0 bridgehead atoms. The minimum absolute atomic E-state index is 0.0361. The summed E-state index contributed by atoms with van der Waals surface area (Å²) in [7, 11) is 1.63. The number of carbonyl (C=O) groups excluding carboxylic acids is 1. The number of rotatable bonds is 5. The Morgan fingerprint density at radius 3 is 2.28 bits per heavy atom. The third-order valence-corrected chi connectivity index (χ3v) is 4.84. The van der Waals surface area contributed by atoms with Gasteiger partial charge in [-0.3, -0.25) is 9.78 Å². The lowest BCUT2D eigenvalue weighted by molar-refractivity contribution is -0.127. The summed E-state index contributed by atoms with van der Waals surface area (Å²) in [4.78, 5) is 16.8. The Hall–Kier alpha value is -2.40. The van der Waals surface area contributed by atoms with Crippen molar-refractivity contribution in [3.05, 3.63) is 59.9 Å². The summed E-state index contributed by atoms with van der Waals surface area (Å²) in [6.45, 7) is 0. The van der Waals surface area contributed by atoms with Crippen LogP contribution in [0.3, 0.4) is 0 Å². The number of aromatic nitrogens is 1. The van der Waals surface area contributed by atoms with Crippen LogP contribution in [0.1, 0.15) is 42.9 Å². The summed E-state index contributed by atoms with van der Waals surface area (Å²) < 4.78 is 5.22. The van der Waals surface area contributed by atoms with Crippen molar-refractivity contribution in [2.75, 3.05) is 7.11 Å². The average Bonchev–Trinajstić information content (AvgIpc) is 2.67. The molecule has 0 aliphatic heterocycles. The molecular formula is C20H24N2O3. The van der Waals surface area contributed by atoms with Crippen molar-refractivity contribution in [1.82, 2.24) is 10.3 Å². The molecule has 1 aliphatic rings. The second-order valence-electron chi connectivity index (χ2n) is 6.50. The molecule has 1 aromatic heterocycles. The number of aliphatic hydroxyl groups is 1. The fraction of sp³-hybridized carbons (Fsp3) is 0.400. The van der Waals surface area contributed by atoms with Crippen molar-refractivity contribution in [3.8, 4) is 5.75 Å². The number of benzene rings is 1. The molecule has 1 atom stereocenters. The lowest BCUT2D eigenvalue weighted by Gasteiger charge is -2.27. The van der Waals surface area contributed by atoms with Gasteiger partial charge in [0.05, 0.1) is 19.3 Å². The van der Waals surface area contributed by atoms with Crippen LogP contribution in [0.2, 0.25) is 0 Å². The van der Waals surface area contributed by atoms with Crippen LogP contribution in [0.5, 0.6) is 5.75 Å². The average molecular weight is 340 g/mol. The van der Waals surface area contributed by atoms with E-state index in [1.807, 2.05) is 36.4 Å². The summed E-state index contributed by atoms with van der Waals surface area (Å²) in [5.74, 6) is 0.792. The Kier molecular flexibility index (Phi) is 5.66. The Balaban J connectivity index is 1.80. The molecule has 132 valence electrons. The maximum Gasteiger partial charge on any atom is 0.223 e. The smallest absolute Gasteiger partial charge is 0.223 e. The van der Waals surface area contributed by atoms with Gasteiger partial charge >= 0.3 is 0 Å². The zero-order chi connectivity index (χ0) is 17.6. The first-order chi connectivity index (χ1) is 12.2. The van der Waals surface area contributed by atoms with Crippen LogP contribution in [0, 0.1) is 5.92 Å². The Labute approximate surface area is 148 Å². The second-order valence-corrected chi connectivity index (χ2v) is 6.50. The molecule has 0 unspecified atom stereocenters. The van der Waals surface area contributed by atoms with Gasteiger partial charge in [-0.25, -0.2) is 0 Å². The van der Waals surface area contributed by atoms with Gasteiger partial charge in [-0.1, -0.05) is 12.1 Å². The molecule has 1 saturated carbocycles. The van der Waals surface area contributed by atoms with Gasteiger partial charge in [0.15, 0.2) is 0 Å². The molecular weight excluding hydrogens is 316 g/mol. The highest BCUT2D eigenvalue weighted by Gasteiger charge is 2.27. The largest absolute Gasteiger partial charge is 0.497 e. The number of carbonyl (C=O) groups is 1. The summed E-state index contributed by atoms with van der Waals surface area (Å²) in [6.07, 6.45) is 6.06. The number of methoxy groups -OCH3 is 1. The van der Waals surface area contributed by atoms with Crippen molar-refractivity contribution in [2.45, 2.75) is 37.8 Å². The highest BCUT2D eigenvalue weighted by Crippen LogP contribution is 2.28. The van der Waals surface area contributed by atoms with Crippen LogP contribution in [-0.2, 0) is 4.79 Å². The first kappa shape index (κ1) is 17.4. The van der Waals surface area contributed by atoms with E-state index in [4.69, 9.17) is 4.74 Å². The number of aliphatic hydroxyl groups excluding tert-OH is 1. The molecule has 5 nitrogen and oxygen atoms in total. The van der Waals surface area contributed by atoms with Gasteiger partial charge in [0.25, 0.3) is 0 Å². The van der Waals surface area contributed by atoms with Gasteiger partial charge in [-0.05, 0) is 61.1 Å². The molecule has 0 saturated heterocycles. The molecule has 1 amide bonds. The van der Waals surface area contributed by atoms with Gasteiger partial charge in [-0.2, -0.15) is 0 Å². The monoisotopic (exact) mass is 340 g/mol. The highest BCUT2D eigenvalue weighted by molar-refractivity contribution is 5.79. The third kappa shape index (κ3) is 4.37. The second kappa shape index (κ2) is 8.12. The standard InChI is InChI=1S/C20H24N2O3/c1-25-18-8-4-14(5-9-18)19(15-10-12-21-13-11-15)22-20(24)16-2-6-17(23)7-3-16/h4-5,8-13,16-17,19,23H,2-3,6-7H2,1H3,(H,22,24)/t16?,17?,19-/m0/s1. The summed E-state index contributed by atoms with van der Waals surface area (Å²) in [5.41, 5.74) is 1.99. The van der Waals surface area contributed by atoms with Gasteiger partial charge in [0, 0.05) is 18.3 Å². The highest BCUT2D eigenvalue weighted by atomic mass is 16.5. The van der Waals surface area contributed by atoms with E-state index in [2.05, 4.69) is 10.3 Å². The van der Waals surface area contributed by atoms with Crippen LogP contribution in [0.4, 0.5) is 0 Å². The molecule has 1 aliphatic carbocycles. The molecule has 2 N–H and O–H groups in total. The quantitative estimate of drug-likeness (QED) is 0.878.